The second kappa shape index (κ2) is 9.76. The molecule has 0 atom stereocenters. The Balaban J connectivity index is 2.00. The van der Waals surface area contributed by atoms with Crippen molar-refractivity contribution in [2.24, 2.45) is 0 Å². The summed E-state index contributed by atoms with van der Waals surface area (Å²) in [5.41, 5.74) is 0.457. The summed E-state index contributed by atoms with van der Waals surface area (Å²) in [6, 6.07) is 5.38. The Morgan fingerprint density at radius 3 is 2.69 bits per heavy atom. The summed E-state index contributed by atoms with van der Waals surface area (Å²) >= 11 is 0. The van der Waals surface area contributed by atoms with Crippen molar-refractivity contribution in [3.05, 3.63) is 46.5 Å². The maximum Gasteiger partial charge on any atom is 0.353 e. The zero-order valence-electron chi connectivity index (χ0n) is 16.4. The van der Waals surface area contributed by atoms with Crippen molar-refractivity contribution in [1.82, 2.24) is 15.0 Å². The van der Waals surface area contributed by atoms with E-state index < -0.39 is 10.9 Å². The first-order chi connectivity index (χ1) is 14.1. The molecule has 0 aromatic carbocycles. The second-order valence-corrected chi connectivity index (χ2v) is 6.66. The number of ether oxygens (including phenoxy) is 1. The molecule has 3 heterocycles. The molecule has 0 bridgehead atoms. The van der Waals surface area contributed by atoms with Gasteiger partial charge in [-0.1, -0.05) is 6.07 Å². The Bertz CT molecular complexity index is 842. The minimum Gasteiger partial charge on any atom is -0.465 e. The van der Waals surface area contributed by atoms with Gasteiger partial charge in [0.2, 0.25) is 11.6 Å². The molecule has 0 saturated carbocycles. The Hall–Kier alpha value is -3.30. The summed E-state index contributed by atoms with van der Waals surface area (Å²) in [5.74, 6) is -0.116. The van der Waals surface area contributed by atoms with Crippen molar-refractivity contribution in [1.29, 1.82) is 0 Å². The molecular formula is C19H24N6O4. The van der Waals surface area contributed by atoms with Crippen LogP contribution < -0.4 is 9.80 Å². The van der Waals surface area contributed by atoms with Gasteiger partial charge in [-0.3, -0.25) is 19.9 Å². The molecule has 1 aliphatic rings. The van der Waals surface area contributed by atoms with Gasteiger partial charge in [-0.25, -0.2) is 9.97 Å². The first-order valence-corrected chi connectivity index (χ1v) is 9.65. The van der Waals surface area contributed by atoms with E-state index in [-0.39, 0.29) is 37.0 Å². The van der Waals surface area contributed by atoms with E-state index in [1.54, 1.807) is 25.3 Å². The number of hydrogen-bond acceptors (Lipinski definition) is 9. The lowest BCUT2D eigenvalue weighted by atomic mass is 10.1. The van der Waals surface area contributed by atoms with Gasteiger partial charge in [0, 0.05) is 19.3 Å². The van der Waals surface area contributed by atoms with Gasteiger partial charge in [-0.2, -0.15) is 0 Å². The lowest BCUT2D eigenvalue weighted by Crippen LogP contribution is -2.34. The molecular weight excluding hydrogens is 376 g/mol. The van der Waals surface area contributed by atoms with Gasteiger partial charge in [0.05, 0.1) is 23.8 Å². The molecule has 154 valence electrons. The van der Waals surface area contributed by atoms with Gasteiger partial charge >= 0.3 is 11.7 Å². The molecule has 0 radical (unpaired) electrons. The van der Waals surface area contributed by atoms with E-state index in [2.05, 4.69) is 15.0 Å². The summed E-state index contributed by atoms with van der Waals surface area (Å²) in [7, 11) is 0. The third kappa shape index (κ3) is 5.15. The number of esters is 1. The predicted octanol–water partition coefficient (Wildman–Crippen LogP) is 2.34. The van der Waals surface area contributed by atoms with Gasteiger partial charge in [-0.15, -0.1) is 0 Å². The lowest BCUT2D eigenvalue weighted by molar-refractivity contribution is -0.383. The van der Waals surface area contributed by atoms with Crippen molar-refractivity contribution < 1.29 is 14.5 Å². The average molecular weight is 400 g/mol. The zero-order valence-corrected chi connectivity index (χ0v) is 16.4. The molecule has 0 spiro atoms. The standard InChI is InChI=1S/C19H24N6O4/c1-2-29-16(26)13-24(12-15-8-4-5-9-20-15)19-17(25(27)28)18(21-14-22-19)23-10-6-3-7-11-23/h4-5,8-9,14H,2-3,6-7,10-13H2,1H3. The van der Waals surface area contributed by atoms with E-state index in [4.69, 9.17) is 4.74 Å². The Morgan fingerprint density at radius 2 is 2.03 bits per heavy atom. The van der Waals surface area contributed by atoms with Crippen LogP contribution in [0.1, 0.15) is 31.9 Å². The van der Waals surface area contributed by atoms with E-state index >= 15 is 0 Å². The molecule has 1 saturated heterocycles. The van der Waals surface area contributed by atoms with E-state index in [1.165, 1.54) is 11.2 Å². The predicted molar refractivity (Wildman–Crippen MR) is 107 cm³/mol. The summed E-state index contributed by atoms with van der Waals surface area (Å²) in [6.45, 7) is 3.34. The van der Waals surface area contributed by atoms with Gasteiger partial charge in [-0.05, 0) is 38.3 Å². The Kier molecular flexibility index (Phi) is 6.88. The highest BCUT2D eigenvalue weighted by atomic mass is 16.6. The average Bonchev–Trinajstić information content (AvgIpc) is 2.74. The molecule has 29 heavy (non-hydrogen) atoms. The highest BCUT2D eigenvalue weighted by Crippen LogP contribution is 2.35. The molecule has 0 unspecified atom stereocenters. The SMILES string of the molecule is CCOC(=O)CN(Cc1ccccn1)c1ncnc(N2CCCCC2)c1[N+](=O)[O-]. The maximum atomic E-state index is 12.2. The number of pyridine rings is 1. The fourth-order valence-corrected chi connectivity index (χ4v) is 3.35. The van der Waals surface area contributed by atoms with Crippen LogP contribution in [-0.2, 0) is 16.1 Å². The second-order valence-electron chi connectivity index (χ2n) is 6.66. The van der Waals surface area contributed by atoms with Gasteiger partial charge in [0.1, 0.15) is 12.9 Å². The van der Waals surface area contributed by atoms with E-state index in [0.717, 1.165) is 19.3 Å². The van der Waals surface area contributed by atoms with Crippen LogP contribution in [0.4, 0.5) is 17.3 Å². The Labute approximate surface area is 168 Å². The topological polar surface area (TPSA) is 115 Å². The first kappa shape index (κ1) is 20.4. The number of piperidine rings is 1. The highest BCUT2D eigenvalue weighted by Gasteiger charge is 2.31. The molecule has 10 heteroatoms. The number of nitrogens with zero attached hydrogens (tertiary/aromatic N) is 6. The van der Waals surface area contributed by atoms with Crippen molar-refractivity contribution in [3.63, 3.8) is 0 Å². The van der Waals surface area contributed by atoms with Crippen LogP contribution in [0.15, 0.2) is 30.7 Å². The fourth-order valence-electron chi connectivity index (χ4n) is 3.35. The van der Waals surface area contributed by atoms with Crippen molar-refractivity contribution in [2.75, 3.05) is 36.0 Å². The number of hydrogen-bond donors (Lipinski definition) is 0. The number of nitro groups is 1. The van der Waals surface area contributed by atoms with Crippen molar-refractivity contribution in [2.45, 2.75) is 32.7 Å². The normalized spacial score (nSPS) is 13.8. The first-order valence-electron chi connectivity index (χ1n) is 9.65. The van der Waals surface area contributed by atoms with Gasteiger partial charge < -0.3 is 14.5 Å². The summed E-state index contributed by atoms with van der Waals surface area (Å²) in [6.07, 6.45) is 5.94. The highest BCUT2D eigenvalue weighted by molar-refractivity contribution is 5.79. The van der Waals surface area contributed by atoms with Crippen LogP contribution in [0.3, 0.4) is 0 Å². The summed E-state index contributed by atoms with van der Waals surface area (Å²) < 4.78 is 5.05. The molecule has 1 aliphatic heterocycles. The third-order valence-corrected chi connectivity index (χ3v) is 4.63. The smallest absolute Gasteiger partial charge is 0.353 e. The Morgan fingerprint density at radius 1 is 1.24 bits per heavy atom. The van der Waals surface area contributed by atoms with Crippen LogP contribution in [0.2, 0.25) is 0 Å². The third-order valence-electron chi connectivity index (χ3n) is 4.63. The van der Waals surface area contributed by atoms with Crippen LogP contribution in [0.25, 0.3) is 0 Å². The monoisotopic (exact) mass is 400 g/mol. The lowest BCUT2D eigenvalue weighted by Gasteiger charge is -2.28. The summed E-state index contributed by atoms with van der Waals surface area (Å²) in [5, 5.41) is 12.0. The van der Waals surface area contributed by atoms with E-state index in [9.17, 15) is 14.9 Å². The van der Waals surface area contributed by atoms with E-state index in [0.29, 0.717) is 18.8 Å². The molecule has 2 aromatic heterocycles. The zero-order chi connectivity index (χ0) is 20.6. The minimum absolute atomic E-state index is 0.0873. The number of carbonyl (C=O) groups is 1. The molecule has 0 N–H and O–H groups in total. The largest absolute Gasteiger partial charge is 0.465 e. The fraction of sp³-hybridized carbons (Fsp3) is 0.474. The maximum absolute atomic E-state index is 12.2. The molecule has 0 aliphatic carbocycles. The van der Waals surface area contributed by atoms with Crippen LogP contribution in [0.5, 0.6) is 0 Å². The number of anilines is 2. The molecule has 10 nitrogen and oxygen atoms in total. The van der Waals surface area contributed by atoms with Crippen LogP contribution >= 0.6 is 0 Å². The minimum atomic E-state index is -0.490. The van der Waals surface area contributed by atoms with Crippen molar-refractivity contribution >= 4 is 23.3 Å². The molecule has 0 amide bonds. The van der Waals surface area contributed by atoms with Crippen LogP contribution in [-0.4, -0.2) is 52.1 Å². The van der Waals surface area contributed by atoms with Crippen LogP contribution in [0, 0.1) is 10.1 Å². The molecule has 2 aromatic rings. The quantitative estimate of drug-likeness (QED) is 0.374. The number of aromatic nitrogens is 3. The van der Waals surface area contributed by atoms with Gasteiger partial charge in [0.15, 0.2) is 0 Å². The van der Waals surface area contributed by atoms with E-state index in [1.807, 2.05) is 11.0 Å². The van der Waals surface area contributed by atoms with Gasteiger partial charge in [0.25, 0.3) is 0 Å². The number of carbonyl (C=O) groups excluding carboxylic acids is 1. The summed E-state index contributed by atoms with van der Waals surface area (Å²) in [4.78, 5) is 39.8. The molecule has 3 rings (SSSR count). The van der Waals surface area contributed by atoms with Crippen molar-refractivity contribution in [3.8, 4) is 0 Å². The molecule has 1 fully saturated rings. The number of rotatable bonds is 8.